The number of amides is 1. The lowest BCUT2D eigenvalue weighted by Crippen LogP contribution is -2.41. The Hall–Kier alpha value is -1.40. The molecule has 1 rings (SSSR count). The third-order valence-corrected chi connectivity index (χ3v) is 2.58. The summed E-state index contributed by atoms with van der Waals surface area (Å²) in [7, 11) is 0. The van der Waals surface area contributed by atoms with E-state index in [0.29, 0.717) is 10.8 Å². The molecule has 0 saturated heterocycles. The van der Waals surface area contributed by atoms with Crippen LogP contribution in [0.5, 0.6) is 5.75 Å². The molecule has 0 heterocycles. The first kappa shape index (κ1) is 15.7. The van der Waals surface area contributed by atoms with Crippen molar-refractivity contribution in [2.24, 2.45) is 5.73 Å². The molecule has 7 heteroatoms. The first-order valence-electron chi connectivity index (χ1n) is 5.66. The molecule has 0 fully saturated rings. The molecule has 1 aromatic carbocycles. The van der Waals surface area contributed by atoms with Crippen LogP contribution in [0.25, 0.3) is 0 Å². The van der Waals surface area contributed by atoms with E-state index >= 15 is 0 Å². The molecule has 0 unspecified atom stereocenters. The molecule has 3 N–H and O–H groups in total. The van der Waals surface area contributed by atoms with Crippen molar-refractivity contribution in [1.29, 1.82) is 0 Å². The van der Waals surface area contributed by atoms with Crippen molar-refractivity contribution in [3.8, 4) is 5.75 Å². The number of hydrogen-bond donors (Lipinski definition) is 2. The Bertz CT molecular complexity index is 430. The van der Waals surface area contributed by atoms with Crippen molar-refractivity contribution in [3.05, 3.63) is 29.3 Å². The topological polar surface area (TPSA) is 64.3 Å². The van der Waals surface area contributed by atoms with Crippen molar-refractivity contribution in [1.82, 2.24) is 5.32 Å². The van der Waals surface area contributed by atoms with Crippen LogP contribution < -0.4 is 15.8 Å². The third-order valence-electron chi connectivity index (χ3n) is 2.27. The van der Waals surface area contributed by atoms with E-state index < -0.39 is 24.9 Å². The quantitative estimate of drug-likeness (QED) is 0.806. The van der Waals surface area contributed by atoms with E-state index in [4.69, 9.17) is 22.1 Å². The van der Waals surface area contributed by atoms with E-state index in [2.05, 4.69) is 5.32 Å². The minimum Gasteiger partial charge on any atom is -0.491 e. The third kappa shape index (κ3) is 5.85. The van der Waals surface area contributed by atoms with Gasteiger partial charge in [0.1, 0.15) is 5.75 Å². The highest BCUT2D eigenvalue weighted by molar-refractivity contribution is 6.32. The molecule has 4 nitrogen and oxygen atoms in total. The van der Waals surface area contributed by atoms with Gasteiger partial charge in [-0.25, -0.2) is 8.78 Å². The van der Waals surface area contributed by atoms with Gasteiger partial charge in [0.25, 0.3) is 5.92 Å². The number of hydrogen-bond acceptors (Lipinski definition) is 3. The normalized spacial score (nSPS) is 11.2. The average molecular weight is 293 g/mol. The SMILES string of the molecule is NCC(F)(F)CNC(=O)CCOc1ccccc1Cl. The molecule has 0 aliphatic heterocycles. The number of benzene rings is 1. The second-order valence-corrected chi connectivity index (χ2v) is 4.27. The molecule has 0 atom stereocenters. The van der Waals surface area contributed by atoms with E-state index in [9.17, 15) is 13.6 Å². The molecule has 0 aromatic heterocycles. The average Bonchev–Trinajstić information content (AvgIpc) is 2.39. The van der Waals surface area contributed by atoms with Crippen LogP contribution in [0.4, 0.5) is 8.78 Å². The van der Waals surface area contributed by atoms with Gasteiger partial charge in [0.2, 0.25) is 5.91 Å². The fraction of sp³-hybridized carbons (Fsp3) is 0.417. The number of para-hydroxylation sites is 1. The monoisotopic (exact) mass is 292 g/mol. The van der Waals surface area contributed by atoms with Crippen molar-refractivity contribution in [2.75, 3.05) is 19.7 Å². The maximum Gasteiger partial charge on any atom is 0.277 e. The molecule has 1 aromatic rings. The van der Waals surface area contributed by atoms with E-state index in [1.807, 2.05) is 0 Å². The fourth-order valence-corrected chi connectivity index (χ4v) is 1.39. The summed E-state index contributed by atoms with van der Waals surface area (Å²) in [5.74, 6) is -3.16. The Morgan fingerprint density at radius 1 is 1.42 bits per heavy atom. The van der Waals surface area contributed by atoms with Crippen LogP contribution in [0.2, 0.25) is 5.02 Å². The summed E-state index contributed by atoms with van der Waals surface area (Å²) in [5, 5.41) is 2.52. The van der Waals surface area contributed by atoms with Crippen molar-refractivity contribution in [3.63, 3.8) is 0 Å². The van der Waals surface area contributed by atoms with Crippen LogP contribution in [0.1, 0.15) is 6.42 Å². The molecule has 0 aliphatic rings. The minimum absolute atomic E-state index is 0.0358. The summed E-state index contributed by atoms with van der Waals surface area (Å²) in [6.07, 6.45) is -0.0358. The lowest BCUT2D eigenvalue weighted by molar-refractivity contribution is -0.123. The zero-order chi connectivity index (χ0) is 14.3. The standard InChI is InChI=1S/C12H15ClF2N2O2/c13-9-3-1-2-4-10(9)19-6-5-11(18)17-8-12(14,15)7-16/h1-4H,5-8,16H2,(H,17,18). The molecule has 0 saturated carbocycles. The van der Waals surface area contributed by atoms with Crippen LogP contribution in [0.3, 0.4) is 0 Å². The number of alkyl halides is 2. The predicted molar refractivity (Wildman–Crippen MR) is 68.6 cm³/mol. The van der Waals surface area contributed by atoms with Gasteiger partial charge in [0, 0.05) is 0 Å². The Morgan fingerprint density at radius 3 is 2.74 bits per heavy atom. The molecule has 0 bridgehead atoms. The predicted octanol–water partition coefficient (Wildman–Crippen LogP) is 1.82. The van der Waals surface area contributed by atoms with Crippen molar-refractivity contribution < 1.29 is 18.3 Å². The zero-order valence-corrected chi connectivity index (χ0v) is 10.9. The molecule has 0 radical (unpaired) electrons. The number of rotatable bonds is 7. The summed E-state index contributed by atoms with van der Waals surface area (Å²) < 4.78 is 30.8. The van der Waals surface area contributed by atoms with Gasteiger partial charge in [-0.3, -0.25) is 4.79 Å². The molecule has 0 aliphatic carbocycles. The number of nitrogens with one attached hydrogen (secondary N) is 1. The van der Waals surface area contributed by atoms with Crippen LogP contribution >= 0.6 is 11.6 Å². The highest BCUT2D eigenvalue weighted by Crippen LogP contribution is 2.23. The van der Waals surface area contributed by atoms with Crippen molar-refractivity contribution >= 4 is 17.5 Å². The summed E-state index contributed by atoms with van der Waals surface area (Å²) in [4.78, 5) is 11.3. The number of halogens is 3. The zero-order valence-electron chi connectivity index (χ0n) is 10.2. The Kier molecular flexibility index (Phi) is 5.98. The van der Waals surface area contributed by atoms with Crippen LogP contribution in [-0.4, -0.2) is 31.5 Å². The molecule has 1 amide bonds. The molecular formula is C12H15ClF2N2O2. The van der Waals surface area contributed by atoms with Gasteiger partial charge < -0.3 is 15.8 Å². The van der Waals surface area contributed by atoms with Crippen molar-refractivity contribution in [2.45, 2.75) is 12.3 Å². The number of carbonyl (C=O) groups is 1. The van der Waals surface area contributed by atoms with Gasteiger partial charge in [-0.1, -0.05) is 23.7 Å². The van der Waals surface area contributed by atoms with E-state index in [-0.39, 0.29) is 13.0 Å². The molecule has 106 valence electrons. The number of nitrogens with two attached hydrogens (primary N) is 1. The van der Waals surface area contributed by atoms with Gasteiger partial charge in [0.05, 0.1) is 31.1 Å². The largest absolute Gasteiger partial charge is 0.491 e. The van der Waals surface area contributed by atoms with Gasteiger partial charge in [-0.15, -0.1) is 0 Å². The first-order valence-corrected chi connectivity index (χ1v) is 6.04. The van der Waals surface area contributed by atoms with E-state index in [0.717, 1.165) is 0 Å². The summed E-state index contributed by atoms with van der Waals surface area (Å²) in [6, 6.07) is 6.79. The first-order chi connectivity index (χ1) is 8.94. The fourth-order valence-electron chi connectivity index (χ4n) is 1.20. The summed E-state index contributed by atoms with van der Waals surface area (Å²) >= 11 is 5.84. The highest BCUT2D eigenvalue weighted by Gasteiger charge is 2.26. The van der Waals surface area contributed by atoms with Gasteiger partial charge in [-0.05, 0) is 12.1 Å². The maximum absolute atomic E-state index is 12.8. The van der Waals surface area contributed by atoms with Crippen LogP contribution in [-0.2, 0) is 4.79 Å². The summed E-state index contributed by atoms with van der Waals surface area (Å²) in [6.45, 7) is -1.51. The van der Waals surface area contributed by atoms with Gasteiger partial charge >= 0.3 is 0 Å². The highest BCUT2D eigenvalue weighted by atomic mass is 35.5. The summed E-state index contributed by atoms with van der Waals surface area (Å²) in [5.41, 5.74) is 4.84. The second kappa shape index (κ2) is 7.25. The lowest BCUT2D eigenvalue weighted by Gasteiger charge is -2.14. The lowest BCUT2D eigenvalue weighted by atomic mass is 10.3. The maximum atomic E-state index is 12.8. The van der Waals surface area contributed by atoms with E-state index in [1.165, 1.54) is 0 Å². The smallest absolute Gasteiger partial charge is 0.277 e. The van der Waals surface area contributed by atoms with E-state index in [1.54, 1.807) is 24.3 Å². The Balaban J connectivity index is 2.26. The number of ether oxygens (including phenoxy) is 1. The van der Waals surface area contributed by atoms with Gasteiger partial charge in [0.15, 0.2) is 0 Å². The molecular weight excluding hydrogens is 278 g/mol. The van der Waals surface area contributed by atoms with Crippen LogP contribution in [0, 0.1) is 0 Å². The second-order valence-electron chi connectivity index (χ2n) is 3.87. The number of carbonyl (C=O) groups excluding carboxylic acids is 1. The van der Waals surface area contributed by atoms with Gasteiger partial charge in [-0.2, -0.15) is 0 Å². The van der Waals surface area contributed by atoms with Crippen LogP contribution in [0.15, 0.2) is 24.3 Å². The molecule has 0 spiro atoms. The molecule has 19 heavy (non-hydrogen) atoms. The minimum atomic E-state index is -3.08. The Morgan fingerprint density at radius 2 is 2.11 bits per heavy atom. The Labute approximate surface area is 114 Å².